The summed E-state index contributed by atoms with van der Waals surface area (Å²) < 4.78 is 26.9. The van der Waals surface area contributed by atoms with Crippen LogP contribution < -0.4 is 10.8 Å². The topological polar surface area (TPSA) is 86.1 Å². The summed E-state index contributed by atoms with van der Waals surface area (Å²) in [5, 5.41) is 11.4. The van der Waals surface area contributed by atoms with Crippen molar-refractivity contribution in [3.63, 3.8) is 0 Å². The first-order chi connectivity index (χ1) is 10.7. The Morgan fingerprint density at radius 1 is 1.39 bits per heavy atom. The van der Waals surface area contributed by atoms with Crippen LogP contribution in [-0.4, -0.2) is 23.8 Å². The summed E-state index contributed by atoms with van der Waals surface area (Å²) in [5.74, 6) is -2.08. The average molecular weight is 324 g/mol. The number of rotatable bonds is 4. The maximum Gasteiger partial charge on any atom is 0.271 e. The van der Waals surface area contributed by atoms with Gasteiger partial charge in [-0.05, 0) is 33.6 Å². The van der Waals surface area contributed by atoms with Gasteiger partial charge in [-0.25, -0.2) is 24.2 Å². The Hall–Kier alpha value is -2.61. The Bertz CT molecular complexity index is 669. The van der Waals surface area contributed by atoms with Gasteiger partial charge in [0.05, 0.1) is 5.54 Å². The zero-order valence-electron chi connectivity index (χ0n) is 13.0. The van der Waals surface area contributed by atoms with Gasteiger partial charge in [0.1, 0.15) is 11.6 Å². The molecule has 1 amide bonds. The average Bonchev–Trinajstić information content (AvgIpc) is 2.49. The zero-order valence-corrected chi connectivity index (χ0v) is 13.0. The van der Waals surface area contributed by atoms with Crippen molar-refractivity contribution in [2.24, 2.45) is 9.98 Å². The van der Waals surface area contributed by atoms with Gasteiger partial charge >= 0.3 is 0 Å². The van der Waals surface area contributed by atoms with Crippen molar-refractivity contribution in [3.8, 4) is 0 Å². The maximum absolute atomic E-state index is 13.9. The molecule has 1 aromatic carbocycles. The molecule has 0 radical (unpaired) electrons. The minimum absolute atomic E-state index is 0.0313. The molecule has 0 atom stereocenters. The van der Waals surface area contributed by atoms with Gasteiger partial charge < -0.3 is 5.32 Å². The summed E-state index contributed by atoms with van der Waals surface area (Å²) in [4.78, 5) is 18.7. The Labute approximate surface area is 132 Å². The lowest BCUT2D eigenvalue weighted by Crippen LogP contribution is -2.40. The Kier molecular flexibility index (Phi) is 6.09. The van der Waals surface area contributed by atoms with E-state index in [1.54, 1.807) is 13.8 Å². The predicted molar refractivity (Wildman–Crippen MR) is 83.2 cm³/mol. The lowest BCUT2D eigenvalue weighted by molar-refractivity contribution is -0.125. The van der Waals surface area contributed by atoms with Crippen LogP contribution in [0.15, 0.2) is 40.0 Å². The van der Waals surface area contributed by atoms with Gasteiger partial charge in [0.25, 0.3) is 5.91 Å². The van der Waals surface area contributed by atoms with Crippen LogP contribution in [0.1, 0.15) is 26.3 Å². The van der Waals surface area contributed by atoms with E-state index in [4.69, 9.17) is 5.21 Å². The molecule has 3 N–H and O–H groups in total. The molecule has 0 aliphatic heterocycles. The highest BCUT2D eigenvalue weighted by Crippen LogP contribution is 2.23. The number of hydrogen-bond donors (Lipinski definition) is 3. The van der Waals surface area contributed by atoms with Crippen molar-refractivity contribution in [2.75, 3.05) is 0 Å². The molecule has 0 aliphatic carbocycles. The lowest BCUT2D eigenvalue weighted by atomic mass is 9.94. The quantitative estimate of drug-likeness (QED) is 0.261. The molecular formula is C15H18F2N4O2. The highest BCUT2D eigenvalue weighted by Gasteiger charge is 2.25. The van der Waals surface area contributed by atoms with Crippen LogP contribution in [0.25, 0.3) is 0 Å². The fourth-order valence-electron chi connectivity index (χ4n) is 1.76. The normalized spacial score (nSPS) is 12.8. The van der Waals surface area contributed by atoms with E-state index in [2.05, 4.69) is 22.0 Å². The third-order valence-corrected chi connectivity index (χ3v) is 3.02. The Morgan fingerprint density at radius 3 is 2.57 bits per heavy atom. The number of aliphatic imine (C=N–C) groups is 2. The molecule has 124 valence electrons. The third-order valence-electron chi connectivity index (χ3n) is 3.02. The van der Waals surface area contributed by atoms with Gasteiger partial charge in [0.15, 0.2) is 0 Å². The van der Waals surface area contributed by atoms with Crippen molar-refractivity contribution >= 4 is 18.6 Å². The van der Waals surface area contributed by atoms with E-state index in [1.807, 2.05) is 0 Å². The summed E-state index contributed by atoms with van der Waals surface area (Å²) in [6.45, 7) is 8.08. The van der Waals surface area contributed by atoms with Gasteiger partial charge in [-0.1, -0.05) is 6.07 Å². The van der Waals surface area contributed by atoms with Crippen LogP contribution in [0.2, 0.25) is 0 Å². The molecular weight excluding hydrogens is 306 g/mol. The number of carbonyl (C=O) groups excluding carboxylic acids is 1. The number of hydroxylamine groups is 1. The smallest absolute Gasteiger partial charge is 0.271 e. The van der Waals surface area contributed by atoms with E-state index in [0.717, 1.165) is 12.1 Å². The van der Waals surface area contributed by atoms with Crippen LogP contribution in [0.3, 0.4) is 0 Å². The molecule has 0 bridgehead atoms. The number of nitrogens with one attached hydrogen (secondary N) is 2. The summed E-state index contributed by atoms with van der Waals surface area (Å²) in [5.41, 5.74) is 0.844. The van der Waals surface area contributed by atoms with Crippen LogP contribution in [-0.2, 0) is 10.3 Å². The first-order valence-corrected chi connectivity index (χ1v) is 6.60. The predicted octanol–water partition coefficient (Wildman–Crippen LogP) is 2.26. The van der Waals surface area contributed by atoms with Gasteiger partial charge in [-0.2, -0.15) is 0 Å². The number of nitrogens with zero attached hydrogens (tertiary/aromatic N) is 2. The van der Waals surface area contributed by atoms with E-state index < -0.39 is 23.1 Å². The SMILES string of the molecule is C=N/C(=N\C=C(/C)C(=O)NO)NC(C)(C)c1ccc(F)cc1F. The second-order valence-electron chi connectivity index (χ2n) is 5.24. The molecule has 6 nitrogen and oxygen atoms in total. The third kappa shape index (κ3) is 4.96. The molecule has 0 aliphatic rings. The van der Waals surface area contributed by atoms with E-state index >= 15 is 0 Å². The Balaban J connectivity index is 3.05. The standard InChI is InChI=1S/C15H18F2N4O2/c1-9(13(22)21-23)8-19-14(18-4)20-15(2,3)11-6-5-10(16)7-12(11)17/h5-8,23H,4H2,1-3H3,(H,19,20)(H,21,22)/b9-8+. The number of amides is 1. The van der Waals surface area contributed by atoms with Crippen molar-refractivity contribution < 1.29 is 18.8 Å². The van der Waals surface area contributed by atoms with Crippen LogP contribution in [0.5, 0.6) is 0 Å². The molecule has 23 heavy (non-hydrogen) atoms. The number of benzene rings is 1. The number of guanidine groups is 1. The van der Waals surface area contributed by atoms with E-state index in [0.29, 0.717) is 0 Å². The van der Waals surface area contributed by atoms with E-state index in [1.165, 1.54) is 24.7 Å². The van der Waals surface area contributed by atoms with Crippen molar-refractivity contribution in [3.05, 3.63) is 47.2 Å². The first kappa shape index (κ1) is 18.4. The summed E-state index contributed by atoms with van der Waals surface area (Å²) >= 11 is 0. The van der Waals surface area contributed by atoms with Gasteiger partial charge in [0, 0.05) is 23.4 Å². The molecule has 1 rings (SSSR count). The fraction of sp³-hybridized carbons (Fsp3) is 0.267. The molecule has 0 saturated heterocycles. The number of hydrogen-bond acceptors (Lipinski definition) is 3. The minimum Gasteiger partial charge on any atom is -0.345 e. The molecule has 0 saturated carbocycles. The van der Waals surface area contributed by atoms with Crippen molar-refractivity contribution in [2.45, 2.75) is 26.3 Å². The lowest BCUT2D eigenvalue weighted by Gasteiger charge is -2.27. The summed E-state index contributed by atoms with van der Waals surface area (Å²) in [6.07, 6.45) is 1.17. The number of carbonyl (C=O) groups is 1. The monoisotopic (exact) mass is 324 g/mol. The minimum atomic E-state index is -0.960. The molecule has 1 aromatic rings. The molecule has 8 heteroatoms. The molecule has 0 aromatic heterocycles. The van der Waals surface area contributed by atoms with Crippen LogP contribution in [0, 0.1) is 11.6 Å². The molecule has 0 unspecified atom stereocenters. The first-order valence-electron chi connectivity index (χ1n) is 6.60. The Morgan fingerprint density at radius 2 is 2.04 bits per heavy atom. The van der Waals surface area contributed by atoms with Crippen LogP contribution >= 0.6 is 0 Å². The highest BCUT2D eigenvalue weighted by molar-refractivity contribution is 5.92. The van der Waals surface area contributed by atoms with Gasteiger partial charge in [-0.3, -0.25) is 10.0 Å². The van der Waals surface area contributed by atoms with Crippen LogP contribution in [0.4, 0.5) is 8.78 Å². The second-order valence-corrected chi connectivity index (χ2v) is 5.24. The maximum atomic E-state index is 13.9. The zero-order chi connectivity index (χ0) is 17.6. The van der Waals surface area contributed by atoms with E-state index in [9.17, 15) is 13.6 Å². The van der Waals surface area contributed by atoms with Crippen molar-refractivity contribution in [1.82, 2.24) is 10.8 Å². The second kappa shape index (κ2) is 7.59. The van der Waals surface area contributed by atoms with E-state index in [-0.39, 0.29) is 17.1 Å². The summed E-state index contributed by atoms with van der Waals surface area (Å²) in [6, 6.07) is 3.25. The van der Waals surface area contributed by atoms with Gasteiger partial charge in [-0.15, -0.1) is 0 Å². The fourth-order valence-corrected chi connectivity index (χ4v) is 1.76. The number of halogens is 2. The molecule has 0 heterocycles. The highest BCUT2D eigenvalue weighted by atomic mass is 19.1. The molecule has 0 spiro atoms. The van der Waals surface area contributed by atoms with Crippen molar-refractivity contribution in [1.29, 1.82) is 0 Å². The van der Waals surface area contributed by atoms with Gasteiger partial charge in [0.2, 0.25) is 5.96 Å². The largest absolute Gasteiger partial charge is 0.345 e. The summed E-state index contributed by atoms with van der Waals surface area (Å²) in [7, 11) is 0. The molecule has 0 fully saturated rings.